The quantitative estimate of drug-likeness (QED) is 0.793. The molecule has 0 aliphatic carbocycles. The van der Waals surface area contributed by atoms with Crippen LogP contribution in [0.25, 0.3) is 0 Å². The maximum absolute atomic E-state index is 12.3. The number of phenols is 1. The van der Waals surface area contributed by atoms with Gasteiger partial charge in [0.25, 0.3) is 0 Å². The molecular formula is C20H25N3O2. The molecule has 2 aromatic rings. The molecule has 0 atom stereocenters. The summed E-state index contributed by atoms with van der Waals surface area (Å²) in [6, 6.07) is 17.5. The van der Waals surface area contributed by atoms with Crippen molar-refractivity contribution in [3.05, 3.63) is 60.2 Å². The highest BCUT2D eigenvalue weighted by Crippen LogP contribution is 2.16. The number of aromatic hydroxyl groups is 1. The van der Waals surface area contributed by atoms with Crippen LogP contribution in [-0.4, -0.2) is 48.6 Å². The van der Waals surface area contributed by atoms with Crippen molar-refractivity contribution in [2.75, 3.05) is 37.6 Å². The minimum Gasteiger partial charge on any atom is -0.508 e. The first-order valence-corrected chi connectivity index (χ1v) is 8.79. The van der Waals surface area contributed by atoms with Crippen LogP contribution < -0.4 is 10.2 Å². The van der Waals surface area contributed by atoms with Gasteiger partial charge in [0, 0.05) is 51.4 Å². The summed E-state index contributed by atoms with van der Waals surface area (Å²) in [6.07, 6.45) is 0.504. The van der Waals surface area contributed by atoms with Crippen LogP contribution in [0.2, 0.25) is 0 Å². The van der Waals surface area contributed by atoms with Crippen molar-refractivity contribution >= 4 is 11.6 Å². The largest absolute Gasteiger partial charge is 0.508 e. The lowest BCUT2D eigenvalue weighted by Gasteiger charge is -2.36. The van der Waals surface area contributed by atoms with Gasteiger partial charge >= 0.3 is 0 Å². The molecule has 1 heterocycles. The molecule has 0 unspecified atom stereocenters. The Morgan fingerprint density at radius 1 is 1.00 bits per heavy atom. The fourth-order valence-electron chi connectivity index (χ4n) is 3.11. The highest BCUT2D eigenvalue weighted by Gasteiger charge is 2.20. The predicted octanol–water partition coefficient (Wildman–Crippen LogP) is 2.22. The summed E-state index contributed by atoms with van der Waals surface area (Å²) in [7, 11) is 0. The van der Waals surface area contributed by atoms with E-state index in [2.05, 4.69) is 22.3 Å². The number of nitrogens with one attached hydrogen (secondary N) is 1. The number of benzene rings is 2. The van der Waals surface area contributed by atoms with Crippen LogP contribution in [0, 0.1) is 0 Å². The van der Waals surface area contributed by atoms with Crippen LogP contribution in [-0.2, 0) is 11.3 Å². The smallest absolute Gasteiger partial charge is 0.223 e. The van der Waals surface area contributed by atoms with Crippen LogP contribution in [0.15, 0.2) is 54.6 Å². The van der Waals surface area contributed by atoms with Gasteiger partial charge in [0.05, 0.1) is 0 Å². The average molecular weight is 339 g/mol. The SMILES string of the molecule is O=C(CCNCc1cccc(O)c1)N1CCN(c2ccccc2)CC1. The summed E-state index contributed by atoms with van der Waals surface area (Å²) in [6.45, 7) is 4.62. The number of phenolic OH excluding ortho intramolecular Hbond substituents is 1. The summed E-state index contributed by atoms with van der Waals surface area (Å²) in [5.74, 6) is 0.475. The topological polar surface area (TPSA) is 55.8 Å². The van der Waals surface area contributed by atoms with Gasteiger partial charge < -0.3 is 20.2 Å². The van der Waals surface area contributed by atoms with Gasteiger partial charge in [0.15, 0.2) is 0 Å². The maximum Gasteiger partial charge on any atom is 0.223 e. The van der Waals surface area contributed by atoms with Gasteiger partial charge in [-0.2, -0.15) is 0 Å². The minimum atomic E-state index is 0.205. The minimum absolute atomic E-state index is 0.205. The molecule has 1 saturated heterocycles. The van der Waals surface area contributed by atoms with E-state index in [9.17, 15) is 9.90 Å². The molecule has 0 bridgehead atoms. The van der Waals surface area contributed by atoms with Gasteiger partial charge in [-0.25, -0.2) is 0 Å². The van der Waals surface area contributed by atoms with E-state index in [1.165, 1.54) is 5.69 Å². The third-order valence-electron chi connectivity index (χ3n) is 4.51. The summed E-state index contributed by atoms with van der Waals surface area (Å²) in [5, 5.41) is 12.7. The number of hydrogen-bond donors (Lipinski definition) is 2. The summed E-state index contributed by atoms with van der Waals surface area (Å²) >= 11 is 0. The Morgan fingerprint density at radius 3 is 2.48 bits per heavy atom. The van der Waals surface area contributed by atoms with Gasteiger partial charge in [0.1, 0.15) is 5.75 Å². The number of anilines is 1. The van der Waals surface area contributed by atoms with E-state index < -0.39 is 0 Å². The maximum atomic E-state index is 12.3. The van der Waals surface area contributed by atoms with Gasteiger partial charge in [-0.1, -0.05) is 30.3 Å². The molecule has 3 rings (SSSR count). The Kier molecular flexibility index (Phi) is 5.90. The first-order chi connectivity index (χ1) is 12.2. The molecule has 25 heavy (non-hydrogen) atoms. The molecule has 1 fully saturated rings. The molecule has 2 N–H and O–H groups in total. The fourth-order valence-corrected chi connectivity index (χ4v) is 3.11. The molecular weight excluding hydrogens is 314 g/mol. The van der Waals surface area contributed by atoms with E-state index in [1.54, 1.807) is 12.1 Å². The fraction of sp³-hybridized carbons (Fsp3) is 0.350. The molecule has 0 saturated carbocycles. The monoisotopic (exact) mass is 339 g/mol. The number of nitrogens with zero attached hydrogens (tertiary/aromatic N) is 2. The van der Waals surface area contributed by atoms with Crippen LogP contribution in [0.3, 0.4) is 0 Å². The molecule has 132 valence electrons. The number of carbonyl (C=O) groups is 1. The van der Waals surface area contributed by atoms with E-state index in [0.717, 1.165) is 31.7 Å². The molecule has 2 aromatic carbocycles. The average Bonchev–Trinajstić information content (AvgIpc) is 2.66. The molecule has 5 nitrogen and oxygen atoms in total. The Bertz CT molecular complexity index is 682. The lowest BCUT2D eigenvalue weighted by Crippen LogP contribution is -2.49. The first kappa shape index (κ1) is 17.3. The van der Waals surface area contributed by atoms with Crippen molar-refractivity contribution in [1.29, 1.82) is 0 Å². The van der Waals surface area contributed by atoms with Gasteiger partial charge in [-0.3, -0.25) is 4.79 Å². The van der Waals surface area contributed by atoms with Crippen molar-refractivity contribution in [3.8, 4) is 5.75 Å². The molecule has 0 radical (unpaired) electrons. The highest BCUT2D eigenvalue weighted by molar-refractivity contribution is 5.76. The van der Waals surface area contributed by atoms with Crippen LogP contribution in [0.1, 0.15) is 12.0 Å². The van der Waals surface area contributed by atoms with Crippen LogP contribution in [0.5, 0.6) is 5.75 Å². The molecule has 1 amide bonds. The Balaban J connectivity index is 1.37. The number of hydrogen-bond acceptors (Lipinski definition) is 4. The lowest BCUT2D eigenvalue weighted by molar-refractivity contribution is -0.131. The van der Waals surface area contributed by atoms with Crippen molar-refractivity contribution in [2.24, 2.45) is 0 Å². The molecule has 0 aromatic heterocycles. The number of piperazine rings is 1. The van der Waals surface area contributed by atoms with Crippen molar-refractivity contribution < 1.29 is 9.90 Å². The molecule has 1 aliphatic heterocycles. The first-order valence-electron chi connectivity index (χ1n) is 8.79. The van der Waals surface area contributed by atoms with E-state index in [0.29, 0.717) is 19.5 Å². The summed E-state index contributed by atoms with van der Waals surface area (Å²) in [4.78, 5) is 16.6. The van der Waals surface area contributed by atoms with Gasteiger partial charge in [-0.05, 0) is 29.8 Å². The standard InChI is InChI=1S/C20H25N3O2/c24-19-8-4-5-17(15-19)16-21-10-9-20(25)23-13-11-22(12-14-23)18-6-2-1-3-7-18/h1-8,15,21,24H,9-14,16H2. The van der Waals surface area contributed by atoms with E-state index in [-0.39, 0.29) is 11.7 Å². The number of carbonyl (C=O) groups excluding carboxylic acids is 1. The van der Waals surface area contributed by atoms with Gasteiger partial charge in [-0.15, -0.1) is 0 Å². The Morgan fingerprint density at radius 2 is 1.76 bits per heavy atom. The Labute approximate surface area is 148 Å². The zero-order valence-electron chi connectivity index (χ0n) is 14.4. The lowest BCUT2D eigenvalue weighted by atomic mass is 10.2. The normalized spacial score (nSPS) is 14.6. The Hall–Kier alpha value is -2.53. The molecule has 1 aliphatic rings. The molecule has 5 heteroatoms. The number of para-hydroxylation sites is 1. The highest BCUT2D eigenvalue weighted by atomic mass is 16.3. The summed E-state index contributed by atoms with van der Waals surface area (Å²) in [5.41, 5.74) is 2.24. The number of amides is 1. The zero-order valence-corrected chi connectivity index (χ0v) is 14.4. The second-order valence-corrected chi connectivity index (χ2v) is 6.30. The third-order valence-corrected chi connectivity index (χ3v) is 4.51. The second kappa shape index (κ2) is 8.53. The molecule has 0 spiro atoms. The second-order valence-electron chi connectivity index (χ2n) is 6.30. The van der Waals surface area contributed by atoms with E-state index in [1.807, 2.05) is 35.2 Å². The number of rotatable bonds is 6. The van der Waals surface area contributed by atoms with Crippen LogP contribution >= 0.6 is 0 Å². The summed E-state index contributed by atoms with van der Waals surface area (Å²) < 4.78 is 0. The van der Waals surface area contributed by atoms with Gasteiger partial charge in [0.2, 0.25) is 5.91 Å². The van der Waals surface area contributed by atoms with E-state index >= 15 is 0 Å². The van der Waals surface area contributed by atoms with Crippen molar-refractivity contribution in [1.82, 2.24) is 10.2 Å². The third kappa shape index (κ3) is 4.97. The zero-order chi connectivity index (χ0) is 17.5. The van der Waals surface area contributed by atoms with E-state index in [4.69, 9.17) is 0 Å². The van der Waals surface area contributed by atoms with Crippen molar-refractivity contribution in [2.45, 2.75) is 13.0 Å². The van der Waals surface area contributed by atoms with Crippen molar-refractivity contribution in [3.63, 3.8) is 0 Å². The predicted molar refractivity (Wildman–Crippen MR) is 99.7 cm³/mol. The van der Waals surface area contributed by atoms with Crippen LogP contribution in [0.4, 0.5) is 5.69 Å².